The first-order chi connectivity index (χ1) is 9.29. The highest BCUT2D eigenvalue weighted by molar-refractivity contribution is 7.07. The predicted molar refractivity (Wildman–Crippen MR) is 84.9 cm³/mol. The van der Waals surface area contributed by atoms with Crippen molar-refractivity contribution in [2.45, 2.75) is 39.2 Å². The zero-order chi connectivity index (χ0) is 13.5. The Morgan fingerprint density at radius 3 is 2.84 bits per heavy atom. The lowest BCUT2D eigenvalue weighted by atomic mass is 10.00. The molecule has 0 spiro atoms. The normalized spacial score (nSPS) is 12.5. The molecule has 102 valence electrons. The second-order valence-corrected chi connectivity index (χ2v) is 5.87. The van der Waals surface area contributed by atoms with E-state index in [4.69, 9.17) is 0 Å². The zero-order valence-electron chi connectivity index (χ0n) is 11.9. The fraction of sp³-hybridized carbons (Fsp3) is 0.412. The number of rotatable bonds is 7. The van der Waals surface area contributed by atoms with E-state index in [1.165, 1.54) is 29.5 Å². The van der Waals surface area contributed by atoms with Crippen LogP contribution in [0.1, 0.15) is 42.5 Å². The molecule has 1 aromatic heterocycles. The third-order valence-corrected chi connectivity index (χ3v) is 4.09. The summed E-state index contributed by atoms with van der Waals surface area (Å²) >= 11 is 1.79. The molecule has 1 N–H and O–H groups in total. The summed E-state index contributed by atoms with van der Waals surface area (Å²) in [4.78, 5) is 0. The van der Waals surface area contributed by atoms with Gasteiger partial charge in [-0.3, -0.25) is 0 Å². The van der Waals surface area contributed by atoms with Gasteiger partial charge in [-0.15, -0.1) is 0 Å². The van der Waals surface area contributed by atoms with Crippen molar-refractivity contribution in [1.29, 1.82) is 0 Å². The van der Waals surface area contributed by atoms with Crippen molar-refractivity contribution in [1.82, 2.24) is 5.32 Å². The average molecular weight is 273 g/mol. The molecule has 0 saturated carbocycles. The third-order valence-electron chi connectivity index (χ3n) is 3.39. The van der Waals surface area contributed by atoms with Crippen LogP contribution in [0.3, 0.4) is 0 Å². The number of hydrogen-bond donors (Lipinski definition) is 1. The minimum Gasteiger partial charge on any atom is -0.310 e. The fourth-order valence-electron chi connectivity index (χ4n) is 2.36. The van der Waals surface area contributed by atoms with Crippen LogP contribution in [0.4, 0.5) is 0 Å². The van der Waals surface area contributed by atoms with Gasteiger partial charge < -0.3 is 5.32 Å². The molecule has 2 aromatic rings. The van der Waals surface area contributed by atoms with Gasteiger partial charge in [-0.25, -0.2) is 0 Å². The Balaban J connectivity index is 1.96. The van der Waals surface area contributed by atoms with Gasteiger partial charge in [0.05, 0.1) is 0 Å². The molecular weight excluding hydrogens is 250 g/mol. The summed E-state index contributed by atoms with van der Waals surface area (Å²) in [6.45, 7) is 5.47. The summed E-state index contributed by atoms with van der Waals surface area (Å²) in [5.41, 5.74) is 4.23. The van der Waals surface area contributed by atoms with E-state index >= 15 is 0 Å². The van der Waals surface area contributed by atoms with Crippen LogP contribution in [-0.4, -0.2) is 6.54 Å². The Bertz CT molecular complexity index is 476. The Hall–Kier alpha value is -1.12. The molecule has 0 aliphatic heterocycles. The molecule has 2 rings (SSSR count). The van der Waals surface area contributed by atoms with E-state index < -0.39 is 0 Å². The van der Waals surface area contributed by atoms with E-state index in [0.717, 1.165) is 13.0 Å². The summed E-state index contributed by atoms with van der Waals surface area (Å²) < 4.78 is 0. The van der Waals surface area contributed by atoms with E-state index in [2.05, 4.69) is 60.3 Å². The number of aryl methyl sites for hydroxylation is 2. The van der Waals surface area contributed by atoms with Crippen LogP contribution in [0.2, 0.25) is 0 Å². The van der Waals surface area contributed by atoms with Gasteiger partial charge in [0.1, 0.15) is 0 Å². The van der Waals surface area contributed by atoms with Crippen LogP contribution in [0, 0.1) is 6.92 Å². The molecule has 1 unspecified atom stereocenters. The molecule has 1 atom stereocenters. The Morgan fingerprint density at radius 2 is 2.16 bits per heavy atom. The molecule has 0 aliphatic carbocycles. The van der Waals surface area contributed by atoms with Crippen molar-refractivity contribution in [3.05, 3.63) is 57.8 Å². The lowest BCUT2D eigenvalue weighted by molar-refractivity contribution is 0.500. The van der Waals surface area contributed by atoms with Crippen LogP contribution in [-0.2, 0) is 6.42 Å². The summed E-state index contributed by atoms with van der Waals surface area (Å²) in [7, 11) is 0. The van der Waals surface area contributed by atoms with Gasteiger partial charge in [0.15, 0.2) is 0 Å². The molecule has 0 amide bonds. The molecular formula is C17H23NS. The third kappa shape index (κ3) is 4.48. The first-order valence-corrected chi connectivity index (χ1v) is 8.05. The molecule has 0 fully saturated rings. The van der Waals surface area contributed by atoms with Gasteiger partial charge in [-0.2, -0.15) is 11.3 Å². The first-order valence-electron chi connectivity index (χ1n) is 7.10. The van der Waals surface area contributed by atoms with E-state index in [0.29, 0.717) is 6.04 Å². The molecule has 0 bridgehead atoms. The molecule has 1 aromatic carbocycles. The van der Waals surface area contributed by atoms with Gasteiger partial charge in [0.2, 0.25) is 0 Å². The van der Waals surface area contributed by atoms with Crippen LogP contribution in [0.15, 0.2) is 41.1 Å². The summed E-state index contributed by atoms with van der Waals surface area (Å²) in [6.07, 6.45) is 3.49. The average Bonchev–Trinajstić information content (AvgIpc) is 2.93. The van der Waals surface area contributed by atoms with E-state index in [9.17, 15) is 0 Å². The monoisotopic (exact) mass is 273 g/mol. The number of thiophene rings is 1. The molecule has 1 heterocycles. The van der Waals surface area contributed by atoms with Crippen molar-refractivity contribution < 1.29 is 0 Å². The van der Waals surface area contributed by atoms with Gasteiger partial charge in [-0.1, -0.05) is 36.8 Å². The standard InChI is InChI=1S/C17H23NS/c1-3-10-18-17(16-9-11-19-13-16)8-7-15-6-4-5-14(2)12-15/h4-6,9,11-13,17-18H,3,7-8,10H2,1-2H3. The SMILES string of the molecule is CCCNC(CCc1cccc(C)c1)c1ccsc1. The second kappa shape index (κ2) is 7.46. The minimum absolute atomic E-state index is 0.492. The molecule has 0 aliphatic rings. The maximum absolute atomic E-state index is 3.66. The van der Waals surface area contributed by atoms with Crippen LogP contribution in [0.5, 0.6) is 0 Å². The zero-order valence-corrected chi connectivity index (χ0v) is 12.7. The van der Waals surface area contributed by atoms with Gasteiger partial charge >= 0.3 is 0 Å². The van der Waals surface area contributed by atoms with Crippen LogP contribution in [0.25, 0.3) is 0 Å². The smallest absolute Gasteiger partial charge is 0.0331 e. The van der Waals surface area contributed by atoms with Crippen molar-refractivity contribution in [2.24, 2.45) is 0 Å². The first kappa shape index (κ1) is 14.3. The van der Waals surface area contributed by atoms with E-state index in [-0.39, 0.29) is 0 Å². The van der Waals surface area contributed by atoms with E-state index in [1.54, 1.807) is 11.3 Å². The van der Waals surface area contributed by atoms with Crippen molar-refractivity contribution in [3.63, 3.8) is 0 Å². The van der Waals surface area contributed by atoms with Gasteiger partial charge in [0.25, 0.3) is 0 Å². The lowest BCUT2D eigenvalue weighted by Crippen LogP contribution is -2.22. The molecule has 19 heavy (non-hydrogen) atoms. The molecule has 2 heteroatoms. The Morgan fingerprint density at radius 1 is 1.26 bits per heavy atom. The molecule has 0 radical (unpaired) electrons. The Kier molecular flexibility index (Phi) is 5.62. The maximum Gasteiger partial charge on any atom is 0.0331 e. The highest BCUT2D eigenvalue weighted by Crippen LogP contribution is 2.22. The van der Waals surface area contributed by atoms with Crippen LogP contribution < -0.4 is 5.32 Å². The topological polar surface area (TPSA) is 12.0 Å². The molecule has 0 saturated heterocycles. The predicted octanol–water partition coefficient (Wildman–Crippen LogP) is 4.73. The van der Waals surface area contributed by atoms with Crippen molar-refractivity contribution in [3.8, 4) is 0 Å². The number of nitrogens with one attached hydrogen (secondary N) is 1. The highest BCUT2D eigenvalue weighted by Gasteiger charge is 2.11. The van der Waals surface area contributed by atoms with Gasteiger partial charge in [0, 0.05) is 6.04 Å². The summed E-state index contributed by atoms with van der Waals surface area (Å²) in [6, 6.07) is 11.6. The van der Waals surface area contributed by atoms with Crippen molar-refractivity contribution >= 4 is 11.3 Å². The fourth-order valence-corrected chi connectivity index (χ4v) is 3.07. The Labute approximate surface area is 120 Å². The summed E-state index contributed by atoms with van der Waals surface area (Å²) in [5.74, 6) is 0. The quantitative estimate of drug-likeness (QED) is 0.769. The number of hydrogen-bond acceptors (Lipinski definition) is 2. The van der Waals surface area contributed by atoms with Crippen molar-refractivity contribution in [2.75, 3.05) is 6.54 Å². The summed E-state index contributed by atoms with van der Waals surface area (Å²) in [5, 5.41) is 8.10. The number of benzene rings is 1. The minimum atomic E-state index is 0.492. The second-order valence-electron chi connectivity index (χ2n) is 5.09. The van der Waals surface area contributed by atoms with Gasteiger partial charge in [-0.05, 0) is 60.7 Å². The maximum atomic E-state index is 3.66. The molecule has 1 nitrogen and oxygen atoms in total. The lowest BCUT2D eigenvalue weighted by Gasteiger charge is -2.17. The van der Waals surface area contributed by atoms with E-state index in [1.807, 2.05) is 0 Å². The van der Waals surface area contributed by atoms with Crippen LogP contribution >= 0.6 is 11.3 Å². The largest absolute Gasteiger partial charge is 0.310 e. The highest BCUT2D eigenvalue weighted by atomic mass is 32.1.